The van der Waals surface area contributed by atoms with E-state index in [0.717, 1.165) is 16.8 Å². The number of benzene rings is 2. The zero-order chi connectivity index (χ0) is 23.9. The first-order valence-corrected chi connectivity index (χ1v) is 11.1. The Morgan fingerprint density at radius 1 is 1.03 bits per heavy atom. The van der Waals surface area contributed by atoms with Crippen LogP contribution < -0.4 is 14.8 Å². The van der Waals surface area contributed by atoms with E-state index in [1.54, 1.807) is 31.6 Å². The quantitative estimate of drug-likeness (QED) is 0.490. The van der Waals surface area contributed by atoms with Crippen molar-refractivity contribution in [1.82, 2.24) is 9.99 Å². The lowest BCUT2D eigenvalue weighted by atomic mass is 10.0. The van der Waals surface area contributed by atoms with Crippen molar-refractivity contribution in [2.75, 3.05) is 19.0 Å². The number of nitrogens with one attached hydrogen (secondary N) is 1. The highest BCUT2D eigenvalue weighted by Gasteiger charge is 2.22. The molecule has 2 aromatic carbocycles. The Bertz CT molecular complexity index is 1200. The Kier molecular flexibility index (Phi) is 8.80. The molecule has 0 spiro atoms. The molecular formula is C26H27ClN4O4. The predicted octanol–water partition coefficient (Wildman–Crippen LogP) is 4.69. The van der Waals surface area contributed by atoms with E-state index in [9.17, 15) is 9.59 Å². The second-order valence-electron chi connectivity index (χ2n) is 7.68. The first kappa shape index (κ1) is 25.7. The average molecular weight is 495 g/mol. The van der Waals surface area contributed by atoms with Crippen molar-refractivity contribution in [3.63, 3.8) is 0 Å². The Labute approximate surface area is 210 Å². The van der Waals surface area contributed by atoms with Crippen LogP contribution in [0.25, 0.3) is 0 Å². The number of methoxy groups -OCH3 is 1. The topological polar surface area (TPSA) is 93.1 Å². The van der Waals surface area contributed by atoms with Crippen LogP contribution in [0.4, 0.5) is 5.69 Å². The summed E-state index contributed by atoms with van der Waals surface area (Å²) in [4.78, 5) is 28.8. The lowest BCUT2D eigenvalue weighted by molar-refractivity contribution is -0.132. The number of carbonyl (C=O) groups is 2. The van der Waals surface area contributed by atoms with Crippen LogP contribution in [0.1, 0.15) is 41.3 Å². The number of aromatic nitrogens is 1. The SMILES string of the molecule is CCOc1cc(C2=NN(Cc3ccc(NC(=O)c4ccncc4)cc3)C(=O)CC2)ccc1OC.Cl. The van der Waals surface area contributed by atoms with Gasteiger partial charge >= 0.3 is 0 Å². The molecule has 0 fully saturated rings. The van der Waals surface area contributed by atoms with Crippen molar-refractivity contribution < 1.29 is 19.1 Å². The minimum absolute atomic E-state index is 0. The molecule has 0 atom stereocenters. The van der Waals surface area contributed by atoms with Crippen LogP contribution in [0.15, 0.2) is 72.1 Å². The fourth-order valence-corrected chi connectivity index (χ4v) is 3.63. The summed E-state index contributed by atoms with van der Waals surface area (Å²) in [5.41, 5.74) is 3.83. The monoisotopic (exact) mass is 494 g/mol. The first-order valence-electron chi connectivity index (χ1n) is 11.1. The lowest BCUT2D eigenvalue weighted by Crippen LogP contribution is -2.31. The molecule has 1 aliphatic heterocycles. The van der Waals surface area contributed by atoms with Gasteiger partial charge in [-0.05, 0) is 55.0 Å². The summed E-state index contributed by atoms with van der Waals surface area (Å²) in [5, 5.41) is 8.97. The molecule has 9 heteroatoms. The summed E-state index contributed by atoms with van der Waals surface area (Å²) >= 11 is 0. The molecule has 2 amide bonds. The van der Waals surface area contributed by atoms with Gasteiger partial charge in [-0.3, -0.25) is 14.6 Å². The van der Waals surface area contributed by atoms with Crippen LogP contribution in [0.3, 0.4) is 0 Å². The standard InChI is InChI=1S/C26H26N4O4.ClH/c1-3-34-24-16-20(6-10-23(24)33-2)22-9-11-25(31)30(29-22)17-18-4-7-21(8-5-18)28-26(32)19-12-14-27-15-13-19;/h4-8,10,12-16H,3,9,11,17H2,1-2H3,(H,28,32);1H. The molecule has 0 radical (unpaired) electrons. The maximum atomic E-state index is 12.5. The number of ether oxygens (including phenoxy) is 2. The summed E-state index contributed by atoms with van der Waals surface area (Å²) in [5.74, 6) is 1.07. The second kappa shape index (κ2) is 12.0. The number of anilines is 1. The molecule has 182 valence electrons. The third-order valence-electron chi connectivity index (χ3n) is 5.39. The Morgan fingerprint density at radius 2 is 1.77 bits per heavy atom. The molecule has 0 aliphatic carbocycles. The number of carbonyl (C=O) groups excluding carboxylic acids is 2. The van der Waals surface area contributed by atoms with Gasteiger partial charge < -0.3 is 14.8 Å². The minimum Gasteiger partial charge on any atom is -0.493 e. The van der Waals surface area contributed by atoms with Gasteiger partial charge in [0, 0.05) is 42.0 Å². The maximum absolute atomic E-state index is 12.5. The molecule has 1 aliphatic rings. The highest BCUT2D eigenvalue weighted by Crippen LogP contribution is 2.30. The maximum Gasteiger partial charge on any atom is 0.255 e. The fourth-order valence-electron chi connectivity index (χ4n) is 3.63. The first-order chi connectivity index (χ1) is 16.6. The fraction of sp³-hybridized carbons (Fsp3) is 0.231. The zero-order valence-corrected chi connectivity index (χ0v) is 20.4. The molecule has 0 unspecified atom stereocenters. The molecule has 8 nitrogen and oxygen atoms in total. The summed E-state index contributed by atoms with van der Waals surface area (Å²) in [6.45, 7) is 2.78. The molecule has 0 bridgehead atoms. The van der Waals surface area contributed by atoms with Gasteiger partial charge in [0.1, 0.15) is 0 Å². The van der Waals surface area contributed by atoms with Crippen LogP contribution in [-0.2, 0) is 11.3 Å². The van der Waals surface area contributed by atoms with Gasteiger partial charge in [0.05, 0.1) is 26.0 Å². The van der Waals surface area contributed by atoms with Gasteiger partial charge in [-0.15, -0.1) is 12.4 Å². The zero-order valence-electron chi connectivity index (χ0n) is 19.6. The summed E-state index contributed by atoms with van der Waals surface area (Å²) < 4.78 is 11.0. The summed E-state index contributed by atoms with van der Waals surface area (Å²) in [7, 11) is 1.60. The minimum atomic E-state index is -0.207. The van der Waals surface area contributed by atoms with Crippen molar-refractivity contribution >= 4 is 35.6 Å². The van der Waals surface area contributed by atoms with Gasteiger partial charge in [0.15, 0.2) is 11.5 Å². The van der Waals surface area contributed by atoms with Gasteiger partial charge in [-0.1, -0.05) is 12.1 Å². The van der Waals surface area contributed by atoms with Crippen LogP contribution >= 0.6 is 12.4 Å². The van der Waals surface area contributed by atoms with Crippen molar-refractivity contribution in [1.29, 1.82) is 0 Å². The van der Waals surface area contributed by atoms with Gasteiger partial charge in [0.25, 0.3) is 5.91 Å². The van der Waals surface area contributed by atoms with E-state index in [1.807, 2.05) is 49.4 Å². The smallest absolute Gasteiger partial charge is 0.255 e. The molecular weight excluding hydrogens is 468 g/mol. The largest absolute Gasteiger partial charge is 0.493 e. The van der Waals surface area contributed by atoms with Crippen molar-refractivity contribution in [3.8, 4) is 11.5 Å². The number of hydrogen-bond acceptors (Lipinski definition) is 6. The molecule has 35 heavy (non-hydrogen) atoms. The van der Waals surface area contributed by atoms with Crippen LogP contribution in [0, 0.1) is 0 Å². The number of rotatable bonds is 8. The molecule has 0 saturated carbocycles. The van der Waals surface area contributed by atoms with Gasteiger partial charge in [0.2, 0.25) is 5.91 Å². The lowest BCUT2D eigenvalue weighted by Gasteiger charge is -2.24. The third-order valence-corrected chi connectivity index (χ3v) is 5.39. The highest BCUT2D eigenvalue weighted by molar-refractivity contribution is 6.05. The molecule has 4 rings (SSSR count). The number of halogens is 1. The Balaban J connectivity index is 0.00000342. The number of nitrogens with zero attached hydrogens (tertiary/aromatic N) is 3. The number of hydrazone groups is 1. The van der Waals surface area contributed by atoms with E-state index in [2.05, 4.69) is 15.4 Å². The Hall–Kier alpha value is -3.91. The predicted molar refractivity (Wildman–Crippen MR) is 136 cm³/mol. The molecule has 1 aromatic heterocycles. The second-order valence-corrected chi connectivity index (χ2v) is 7.68. The third kappa shape index (κ3) is 6.36. The normalized spacial score (nSPS) is 12.9. The van der Waals surface area contributed by atoms with E-state index in [-0.39, 0.29) is 24.2 Å². The van der Waals surface area contributed by atoms with Crippen LogP contribution in [-0.4, -0.2) is 41.2 Å². The van der Waals surface area contributed by atoms with Gasteiger partial charge in [-0.25, -0.2) is 5.01 Å². The molecule has 0 saturated heterocycles. The molecule has 2 heterocycles. The molecule has 3 aromatic rings. The van der Waals surface area contributed by atoms with Crippen molar-refractivity contribution in [2.24, 2.45) is 5.10 Å². The summed E-state index contributed by atoms with van der Waals surface area (Å²) in [6, 6.07) is 16.4. The highest BCUT2D eigenvalue weighted by atomic mass is 35.5. The van der Waals surface area contributed by atoms with E-state index in [1.165, 1.54) is 5.01 Å². The number of amides is 2. The van der Waals surface area contributed by atoms with E-state index in [0.29, 0.717) is 48.7 Å². The number of pyridine rings is 1. The summed E-state index contributed by atoms with van der Waals surface area (Å²) in [6.07, 6.45) is 4.10. The van der Waals surface area contributed by atoms with Crippen LogP contribution in [0.5, 0.6) is 11.5 Å². The number of hydrogen-bond donors (Lipinski definition) is 1. The van der Waals surface area contributed by atoms with Crippen molar-refractivity contribution in [3.05, 3.63) is 83.7 Å². The average Bonchev–Trinajstić information content (AvgIpc) is 2.87. The van der Waals surface area contributed by atoms with Gasteiger partial charge in [-0.2, -0.15) is 5.10 Å². The van der Waals surface area contributed by atoms with Crippen LogP contribution in [0.2, 0.25) is 0 Å². The van der Waals surface area contributed by atoms with E-state index < -0.39 is 0 Å². The van der Waals surface area contributed by atoms with E-state index in [4.69, 9.17) is 9.47 Å². The van der Waals surface area contributed by atoms with E-state index >= 15 is 0 Å². The van der Waals surface area contributed by atoms with Crippen molar-refractivity contribution in [2.45, 2.75) is 26.3 Å². The Morgan fingerprint density at radius 3 is 2.46 bits per heavy atom. The molecule has 1 N–H and O–H groups in total.